The minimum absolute atomic E-state index is 0.228. The van der Waals surface area contributed by atoms with Crippen LogP contribution in [0.3, 0.4) is 0 Å². The van der Waals surface area contributed by atoms with Crippen LogP contribution in [0, 0.1) is 5.82 Å². The number of aliphatic imine (C=N–C) groups is 1. The normalized spacial score (nSPS) is 18.5. The van der Waals surface area contributed by atoms with Crippen LogP contribution in [-0.2, 0) is 4.79 Å². The molecule has 4 nitrogen and oxygen atoms in total. The number of thioether (sulfide) groups is 1. The van der Waals surface area contributed by atoms with Gasteiger partial charge in [-0.3, -0.25) is 4.79 Å². The molecule has 1 saturated heterocycles. The highest BCUT2D eigenvalue weighted by Gasteiger charge is 2.27. The van der Waals surface area contributed by atoms with E-state index in [2.05, 4.69) is 9.89 Å². The Bertz CT molecular complexity index is 953. The van der Waals surface area contributed by atoms with E-state index in [0.29, 0.717) is 21.4 Å². The number of likely N-dealkylation sites (tertiary alicyclic amines) is 1. The molecule has 2 heterocycles. The highest BCUT2D eigenvalue weighted by Crippen LogP contribution is 2.34. The lowest BCUT2D eigenvalue weighted by Gasteiger charge is -2.27. The summed E-state index contributed by atoms with van der Waals surface area (Å²) < 4.78 is 18.7. The van der Waals surface area contributed by atoms with Crippen LogP contribution < -0.4 is 4.74 Å². The molecule has 2 aliphatic heterocycles. The van der Waals surface area contributed by atoms with Crippen molar-refractivity contribution in [3.63, 3.8) is 0 Å². The number of amidine groups is 1. The van der Waals surface area contributed by atoms with E-state index in [1.165, 1.54) is 30.3 Å². The maximum absolute atomic E-state index is 13.0. The number of carbonyl (C=O) groups is 1. The summed E-state index contributed by atoms with van der Waals surface area (Å²) in [6.45, 7) is 1.89. The first-order valence-corrected chi connectivity index (χ1v) is 10.3. The number of carbonyl (C=O) groups excluding carboxylic acids is 1. The molecule has 7 heteroatoms. The van der Waals surface area contributed by atoms with E-state index in [4.69, 9.17) is 16.3 Å². The topological polar surface area (TPSA) is 41.9 Å². The molecule has 144 valence electrons. The molecule has 0 saturated carbocycles. The van der Waals surface area contributed by atoms with Gasteiger partial charge >= 0.3 is 0 Å². The second-order valence-electron chi connectivity index (χ2n) is 6.60. The Morgan fingerprint density at radius 2 is 1.79 bits per heavy atom. The van der Waals surface area contributed by atoms with Crippen molar-refractivity contribution < 1.29 is 13.9 Å². The van der Waals surface area contributed by atoms with Gasteiger partial charge < -0.3 is 9.64 Å². The Labute approximate surface area is 172 Å². The first-order valence-electron chi connectivity index (χ1n) is 9.09. The van der Waals surface area contributed by atoms with E-state index in [9.17, 15) is 9.18 Å². The molecule has 0 unspecified atom stereocenters. The SMILES string of the molecule is O=C1N=C(N2CCCCC2)SC1=Cc1ccc(Oc2ccc(F)cc2)cc1Cl. The molecule has 0 spiro atoms. The van der Waals surface area contributed by atoms with Gasteiger partial charge in [0.25, 0.3) is 5.91 Å². The summed E-state index contributed by atoms with van der Waals surface area (Å²) in [5.41, 5.74) is 0.721. The Morgan fingerprint density at radius 1 is 1.07 bits per heavy atom. The van der Waals surface area contributed by atoms with Crippen molar-refractivity contribution >= 4 is 40.5 Å². The molecule has 1 fully saturated rings. The summed E-state index contributed by atoms with van der Waals surface area (Å²) in [5, 5.41) is 1.25. The highest BCUT2D eigenvalue weighted by atomic mass is 35.5. The lowest BCUT2D eigenvalue weighted by Crippen LogP contribution is -2.33. The van der Waals surface area contributed by atoms with Gasteiger partial charge in [0.05, 0.1) is 9.93 Å². The second kappa shape index (κ2) is 8.37. The Balaban J connectivity index is 1.47. The van der Waals surface area contributed by atoms with Crippen molar-refractivity contribution in [3.05, 3.63) is 63.8 Å². The Kier molecular flexibility index (Phi) is 5.69. The number of hydrogen-bond acceptors (Lipinski definition) is 4. The number of piperidine rings is 1. The summed E-state index contributed by atoms with van der Waals surface area (Å²) in [6.07, 6.45) is 5.26. The van der Waals surface area contributed by atoms with Crippen LogP contribution in [-0.4, -0.2) is 29.1 Å². The lowest BCUT2D eigenvalue weighted by molar-refractivity contribution is -0.113. The zero-order valence-corrected chi connectivity index (χ0v) is 16.6. The maximum Gasteiger partial charge on any atom is 0.286 e. The largest absolute Gasteiger partial charge is 0.457 e. The third kappa shape index (κ3) is 4.39. The van der Waals surface area contributed by atoms with Gasteiger partial charge in [-0.25, -0.2) is 4.39 Å². The van der Waals surface area contributed by atoms with Gasteiger partial charge in [-0.05, 0) is 85.1 Å². The number of ether oxygens (including phenoxy) is 1. The first-order chi connectivity index (χ1) is 13.6. The molecule has 28 heavy (non-hydrogen) atoms. The van der Waals surface area contributed by atoms with Crippen LogP contribution in [0.2, 0.25) is 5.02 Å². The van der Waals surface area contributed by atoms with Crippen LogP contribution in [0.5, 0.6) is 11.5 Å². The van der Waals surface area contributed by atoms with Crippen molar-refractivity contribution in [2.24, 2.45) is 4.99 Å². The molecule has 0 aliphatic carbocycles. The number of nitrogens with zero attached hydrogens (tertiary/aromatic N) is 2. The number of rotatable bonds is 3. The lowest BCUT2D eigenvalue weighted by atomic mass is 10.1. The standard InChI is InChI=1S/C21H18ClFN2O2S/c22-18-13-17(27-16-8-5-15(23)6-9-16)7-4-14(18)12-19-20(26)24-21(28-19)25-10-2-1-3-11-25/h4-9,12-13H,1-3,10-11H2. The summed E-state index contributed by atoms with van der Waals surface area (Å²) >= 11 is 7.78. The predicted octanol–water partition coefficient (Wildman–Crippen LogP) is 5.73. The quantitative estimate of drug-likeness (QED) is 0.599. The maximum atomic E-state index is 13.0. The number of halogens is 2. The number of benzene rings is 2. The molecule has 4 rings (SSSR count). The fourth-order valence-corrected chi connectivity index (χ4v) is 4.27. The molecule has 1 amide bonds. The summed E-state index contributed by atoms with van der Waals surface area (Å²) in [5.74, 6) is 0.504. The van der Waals surface area contributed by atoms with E-state index in [1.807, 2.05) is 0 Å². The van der Waals surface area contributed by atoms with Crippen LogP contribution in [0.25, 0.3) is 6.08 Å². The zero-order chi connectivity index (χ0) is 19.5. The predicted molar refractivity (Wildman–Crippen MR) is 111 cm³/mol. The zero-order valence-electron chi connectivity index (χ0n) is 15.0. The number of hydrogen-bond donors (Lipinski definition) is 0. The third-order valence-corrected chi connectivity index (χ3v) is 5.92. The molecular weight excluding hydrogens is 399 g/mol. The third-order valence-electron chi connectivity index (χ3n) is 4.54. The van der Waals surface area contributed by atoms with Gasteiger partial charge in [-0.15, -0.1) is 0 Å². The van der Waals surface area contributed by atoms with E-state index in [0.717, 1.165) is 36.7 Å². The van der Waals surface area contributed by atoms with E-state index >= 15 is 0 Å². The molecule has 0 atom stereocenters. The van der Waals surface area contributed by atoms with Gasteiger partial charge in [0.15, 0.2) is 5.17 Å². The van der Waals surface area contributed by atoms with Gasteiger partial charge in [0.1, 0.15) is 17.3 Å². The number of amides is 1. The minimum Gasteiger partial charge on any atom is -0.457 e. The molecule has 0 N–H and O–H groups in total. The average Bonchev–Trinajstić information content (AvgIpc) is 3.07. The fourth-order valence-electron chi connectivity index (χ4n) is 3.09. The molecule has 0 bridgehead atoms. The van der Waals surface area contributed by atoms with Crippen molar-refractivity contribution in [3.8, 4) is 11.5 Å². The second-order valence-corrected chi connectivity index (χ2v) is 8.01. The molecule has 0 radical (unpaired) electrons. The van der Waals surface area contributed by atoms with E-state index in [-0.39, 0.29) is 11.7 Å². The summed E-state index contributed by atoms with van der Waals surface area (Å²) in [4.78, 5) is 19.2. The van der Waals surface area contributed by atoms with Gasteiger partial charge in [0.2, 0.25) is 0 Å². The monoisotopic (exact) mass is 416 g/mol. The summed E-state index contributed by atoms with van der Waals surface area (Å²) in [6, 6.07) is 11.0. The van der Waals surface area contributed by atoms with Gasteiger partial charge in [-0.1, -0.05) is 11.6 Å². The van der Waals surface area contributed by atoms with E-state index in [1.54, 1.807) is 36.4 Å². The average molecular weight is 417 g/mol. The molecule has 2 aliphatic rings. The van der Waals surface area contributed by atoms with Crippen molar-refractivity contribution in [1.29, 1.82) is 0 Å². The van der Waals surface area contributed by atoms with Crippen molar-refractivity contribution in [2.75, 3.05) is 13.1 Å². The van der Waals surface area contributed by atoms with Crippen LogP contribution in [0.15, 0.2) is 52.4 Å². The Hall–Kier alpha value is -2.31. The van der Waals surface area contributed by atoms with Gasteiger partial charge in [-0.2, -0.15) is 4.99 Å². The Morgan fingerprint density at radius 3 is 2.50 bits per heavy atom. The molecule has 2 aromatic carbocycles. The highest BCUT2D eigenvalue weighted by molar-refractivity contribution is 8.18. The molecular formula is C21H18ClFN2O2S. The first kappa shape index (κ1) is 19.0. The van der Waals surface area contributed by atoms with E-state index < -0.39 is 0 Å². The molecule has 0 aromatic heterocycles. The van der Waals surface area contributed by atoms with Crippen LogP contribution >= 0.6 is 23.4 Å². The van der Waals surface area contributed by atoms with Crippen LogP contribution in [0.4, 0.5) is 4.39 Å². The van der Waals surface area contributed by atoms with Crippen LogP contribution in [0.1, 0.15) is 24.8 Å². The summed E-state index contributed by atoms with van der Waals surface area (Å²) in [7, 11) is 0. The van der Waals surface area contributed by atoms with Gasteiger partial charge in [0, 0.05) is 13.1 Å². The van der Waals surface area contributed by atoms with Crippen molar-refractivity contribution in [2.45, 2.75) is 19.3 Å². The fraction of sp³-hybridized carbons (Fsp3) is 0.238. The van der Waals surface area contributed by atoms with Crippen molar-refractivity contribution in [1.82, 2.24) is 4.90 Å². The smallest absolute Gasteiger partial charge is 0.286 e. The molecule has 2 aromatic rings. The minimum atomic E-state index is -0.322.